The largest absolute Gasteiger partial charge is 0.493 e. The van der Waals surface area contributed by atoms with Crippen molar-refractivity contribution in [3.63, 3.8) is 0 Å². The van der Waals surface area contributed by atoms with Gasteiger partial charge in [-0.1, -0.05) is 18.2 Å². The smallest absolute Gasteiger partial charge is 0.348 e. The molecule has 0 saturated carbocycles. The molecule has 0 fully saturated rings. The van der Waals surface area contributed by atoms with Gasteiger partial charge in [0.1, 0.15) is 11.9 Å². The lowest BCUT2D eigenvalue weighted by atomic mass is 10.0. The number of ether oxygens (including phenoxy) is 2. The van der Waals surface area contributed by atoms with E-state index >= 15 is 4.39 Å². The highest BCUT2D eigenvalue weighted by molar-refractivity contribution is 5.80. The second-order valence-corrected chi connectivity index (χ2v) is 8.18. The second-order valence-electron chi connectivity index (χ2n) is 8.18. The number of para-hydroxylation sites is 2. The zero-order chi connectivity index (χ0) is 26.5. The van der Waals surface area contributed by atoms with Crippen molar-refractivity contribution in [3.05, 3.63) is 93.4 Å². The van der Waals surface area contributed by atoms with Crippen LogP contribution in [0.3, 0.4) is 0 Å². The van der Waals surface area contributed by atoms with Gasteiger partial charge in [-0.2, -0.15) is 4.68 Å². The van der Waals surface area contributed by atoms with Gasteiger partial charge in [0, 0.05) is 30.1 Å². The Labute approximate surface area is 212 Å². The number of nitrogens with two attached hydrogens (primary N) is 1. The number of nitrogens with zero attached hydrogens (tertiary/aromatic N) is 2. The molecule has 37 heavy (non-hydrogen) atoms. The summed E-state index contributed by atoms with van der Waals surface area (Å²) in [6.45, 7) is 0.522. The number of halogens is 1. The van der Waals surface area contributed by atoms with E-state index in [0.717, 1.165) is 15.8 Å². The summed E-state index contributed by atoms with van der Waals surface area (Å²) in [5.74, 6) is 0.113. The van der Waals surface area contributed by atoms with Crippen LogP contribution in [0, 0.1) is 11.2 Å². The number of hydrogen-bond donors (Lipinski definition) is 5. The van der Waals surface area contributed by atoms with E-state index < -0.39 is 17.5 Å². The number of aromatic nitrogens is 3. The first-order valence-electron chi connectivity index (χ1n) is 11.4. The summed E-state index contributed by atoms with van der Waals surface area (Å²) in [5.41, 5.74) is 8.70. The Kier molecular flexibility index (Phi) is 7.54. The van der Waals surface area contributed by atoms with Crippen LogP contribution in [0.1, 0.15) is 28.6 Å². The minimum atomic E-state index is -0.924. The molecule has 0 spiro atoms. The summed E-state index contributed by atoms with van der Waals surface area (Å²) in [6, 6.07) is 14.0. The molecule has 1 aromatic heterocycles. The molecule has 0 aliphatic carbocycles. The Morgan fingerprint density at radius 1 is 1.16 bits per heavy atom. The molecule has 11 heteroatoms. The molecular weight excluding hydrogens is 477 g/mol. The zero-order valence-electron chi connectivity index (χ0n) is 20.6. The standard InChI is InChI=1S/C26H28FN7O3/c1-30-14-16-10-17(9-8-15(16)13-28)31-24(18-11-22(36-2)23(37-3)12-19(18)27)25-32-26(35)34(33-25)21-7-5-4-6-20(21)29/h4-13,24,28,30-31H,14,29H2,1-3H3,(H,32,33,35). The van der Waals surface area contributed by atoms with Gasteiger partial charge in [-0.25, -0.2) is 9.18 Å². The maximum Gasteiger partial charge on any atom is 0.348 e. The SMILES string of the molecule is CNCc1cc(NC(c2nn(-c3ccccc3N)c(=O)[nH]2)c2cc(OC)c(OC)cc2F)ccc1C=N. The molecule has 0 aliphatic rings. The number of hydrogen-bond acceptors (Lipinski definition) is 8. The average molecular weight is 506 g/mol. The van der Waals surface area contributed by atoms with E-state index in [2.05, 4.69) is 20.7 Å². The number of H-pyrrole nitrogens is 1. The first-order chi connectivity index (χ1) is 17.9. The molecule has 1 atom stereocenters. The van der Waals surface area contributed by atoms with Crippen LogP contribution in [0.4, 0.5) is 15.8 Å². The highest BCUT2D eigenvalue weighted by Crippen LogP contribution is 2.35. The number of nitrogen functional groups attached to an aromatic ring is 1. The van der Waals surface area contributed by atoms with Crippen molar-refractivity contribution >= 4 is 17.6 Å². The fourth-order valence-corrected chi connectivity index (χ4v) is 4.05. The minimum Gasteiger partial charge on any atom is -0.493 e. The van der Waals surface area contributed by atoms with Gasteiger partial charge < -0.3 is 31.3 Å². The van der Waals surface area contributed by atoms with Gasteiger partial charge in [0.25, 0.3) is 0 Å². The minimum absolute atomic E-state index is 0.158. The Bertz CT molecular complexity index is 1480. The zero-order valence-corrected chi connectivity index (χ0v) is 20.6. The van der Waals surface area contributed by atoms with Crippen molar-refractivity contribution < 1.29 is 13.9 Å². The monoisotopic (exact) mass is 505 g/mol. The molecule has 0 aliphatic heterocycles. The lowest BCUT2D eigenvalue weighted by molar-refractivity contribution is 0.351. The molecule has 0 radical (unpaired) electrons. The number of anilines is 2. The van der Waals surface area contributed by atoms with E-state index in [0.29, 0.717) is 29.4 Å². The van der Waals surface area contributed by atoms with Gasteiger partial charge in [0.15, 0.2) is 17.3 Å². The third-order valence-corrected chi connectivity index (χ3v) is 5.86. The number of aromatic amines is 1. The third-order valence-electron chi connectivity index (χ3n) is 5.86. The Morgan fingerprint density at radius 2 is 1.89 bits per heavy atom. The van der Waals surface area contributed by atoms with Crippen LogP contribution in [-0.2, 0) is 6.54 Å². The van der Waals surface area contributed by atoms with Gasteiger partial charge >= 0.3 is 5.69 Å². The van der Waals surface area contributed by atoms with Crippen LogP contribution in [0.2, 0.25) is 0 Å². The van der Waals surface area contributed by atoms with Crippen molar-refractivity contribution in [2.75, 3.05) is 32.3 Å². The fraction of sp³-hybridized carbons (Fsp3) is 0.192. The lowest BCUT2D eigenvalue weighted by Crippen LogP contribution is -2.17. The number of rotatable bonds is 10. The van der Waals surface area contributed by atoms with Crippen LogP contribution >= 0.6 is 0 Å². The summed E-state index contributed by atoms with van der Waals surface area (Å²) < 4.78 is 27.2. The van der Waals surface area contributed by atoms with Crippen molar-refractivity contribution in [1.29, 1.82) is 5.41 Å². The molecule has 0 amide bonds. The number of benzene rings is 3. The van der Waals surface area contributed by atoms with Gasteiger partial charge in [-0.15, -0.1) is 5.10 Å². The van der Waals surface area contributed by atoms with E-state index in [9.17, 15) is 4.79 Å². The average Bonchev–Trinajstić information content (AvgIpc) is 3.28. The van der Waals surface area contributed by atoms with Crippen LogP contribution < -0.4 is 31.5 Å². The molecule has 4 aromatic rings. The van der Waals surface area contributed by atoms with Gasteiger partial charge in [-0.3, -0.25) is 4.98 Å². The summed E-state index contributed by atoms with van der Waals surface area (Å²) in [4.78, 5) is 15.6. The third kappa shape index (κ3) is 5.16. The van der Waals surface area contributed by atoms with E-state index in [4.69, 9.17) is 20.6 Å². The molecule has 1 unspecified atom stereocenters. The van der Waals surface area contributed by atoms with Gasteiger partial charge in [-0.05, 0) is 48.5 Å². The predicted molar refractivity (Wildman–Crippen MR) is 141 cm³/mol. The molecule has 0 saturated heterocycles. The Hall–Kier alpha value is -4.64. The normalized spacial score (nSPS) is 11.7. The van der Waals surface area contributed by atoms with Crippen LogP contribution in [0.15, 0.2) is 59.4 Å². The van der Waals surface area contributed by atoms with Crippen molar-refractivity contribution in [2.45, 2.75) is 12.6 Å². The fourth-order valence-electron chi connectivity index (χ4n) is 4.05. The molecule has 6 N–H and O–H groups in total. The first kappa shape index (κ1) is 25.5. The van der Waals surface area contributed by atoms with Crippen molar-refractivity contribution in [2.24, 2.45) is 0 Å². The van der Waals surface area contributed by atoms with E-state index in [1.807, 2.05) is 13.1 Å². The number of nitrogens with one attached hydrogen (secondary N) is 4. The van der Waals surface area contributed by atoms with Gasteiger partial charge in [0.05, 0.1) is 25.6 Å². The van der Waals surface area contributed by atoms with Crippen LogP contribution in [0.5, 0.6) is 11.5 Å². The summed E-state index contributed by atoms with van der Waals surface area (Å²) in [7, 11) is 4.68. The topological polar surface area (TPSA) is 143 Å². The molecule has 4 rings (SSSR count). The lowest BCUT2D eigenvalue weighted by Gasteiger charge is -2.21. The summed E-state index contributed by atoms with van der Waals surface area (Å²) in [5, 5.41) is 18.5. The van der Waals surface area contributed by atoms with Gasteiger partial charge in [0.2, 0.25) is 0 Å². The number of methoxy groups -OCH3 is 2. The predicted octanol–water partition coefficient (Wildman–Crippen LogP) is 3.22. The van der Waals surface area contributed by atoms with Crippen LogP contribution in [-0.4, -0.2) is 42.2 Å². The first-order valence-corrected chi connectivity index (χ1v) is 11.4. The summed E-state index contributed by atoms with van der Waals surface area (Å²) in [6.07, 6.45) is 1.27. The van der Waals surface area contributed by atoms with Crippen LogP contribution in [0.25, 0.3) is 5.69 Å². The highest BCUT2D eigenvalue weighted by atomic mass is 19.1. The Morgan fingerprint density at radius 3 is 2.57 bits per heavy atom. The molecule has 3 aromatic carbocycles. The molecule has 1 heterocycles. The maximum absolute atomic E-state index is 15.4. The summed E-state index contributed by atoms with van der Waals surface area (Å²) >= 11 is 0. The van der Waals surface area contributed by atoms with Crippen molar-refractivity contribution in [1.82, 2.24) is 20.1 Å². The molecule has 0 bridgehead atoms. The van der Waals surface area contributed by atoms with Crippen molar-refractivity contribution in [3.8, 4) is 17.2 Å². The maximum atomic E-state index is 15.4. The van der Waals surface area contributed by atoms with E-state index in [1.54, 1.807) is 36.4 Å². The van der Waals surface area contributed by atoms with E-state index in [-0.39, 0.29) is 17.1 Å². The van der Waals surface area contributed by atoms with E-state index in [1.165, 1.54) is 32.6 Å². The second kappa shape index (κ2) is 11.0. The quantitative estimate of drug-likeness (QED) is 0.164. The molecule has 10 nitrogen and oxygen atoms in total. The molecule has 192 valence electrons. The highest BCUT2D eigenvalue weighted by Gasteiger charge is 2.26. The Balaban J connectivity index is 1.87. The molecular formula is C26H28FN7O3.